The first kappa shape index (κ1) is 16.3. The van der Waals surface area contributed by atoms with Gasteiger partial charge in [-0.15, -0.1) is 11.3 Å². The van der Waals surface area contributed by atoms with Crippen LogP contribution in [0, 0.1) is 13.8 Å². The number of carbonyl (C=O) groups is 1. The largest absolute Gasteiger partial charge is 0.382 e. The number of hydrogen-bond donors (Lipinski definition) is 0. The molecule has 0 fully saturated rings. The molecule has 1 heterocycles. The van der Waals surface area contributed by atoms with Gasteiger partial charge in [-0.25, -0.2) is 0 Å². The predicted octanol–water partition coefficient (Wildman–Crippen LogP) is 2.62. The molecule has 4 nitrogen and oxygen atoms in total. The standard InChI is InChI=1S/C14H22O4S/c1-11-9-13(12(2)19-11)14(15)10-18-6-4-5-17-8-7-16-3/h9H,4-8,10H2,1-3H3. The van der Waals surface area contributed by atoms with Gasteiger partial charge < -0.3 is 14.2 Å². The van der Waals surface area contributed by atoms with Gasteiger partial charge in [0.25, 0.3) is 0 Å². The van der Waals surface area contributed by atoms with Gasteiger partial charge in [0.1, 0.15) is 6.61 Å². The summed E-state index contributed by atoms with van der Waals surface area (Å²) in [5.41, 5.74) is 0.791. The first-order valence-electron chi connectivity index (χ1n) is 6.39. The Morgan fingerprint density at radius 3 is 2.53 bits per heavy atom. The molecule has 0 saturated carbocycles. The molecule has 0 aliphatic carbocycles. The van der Waals surface area contributed by atoms with Crippen molar-refractivity contribution in [3.05, 3.63) is 21.4 Å². The van der Waals surface area contributed by atoms with Crippen LogP contribution in [-0.4, -0.2) is 45.9 Å². The second-order valence-electron chi connectivity index (χ2n) is 4.26. The van der Waals surface area contributed by atoms with E-state index in [1.807, 2.05) is 19.9 Å². The van der Waals surface area contributed by atoms with Crippen molar-refractivity contribution in [2.75, 3.05) is 40.1 Å². The second-order valence-corrected chi connectivity index (χ2v) is 5.72. The molecule has 1 rings (SSSR count). The number of Topliss-reactive ketones (excluding diaryl/α,β-unsaturated/α-hetero) is 1. The molecule has 0 N–H and O–H groups in total. The second kappa shape index (κ2) is 9.20. The Morgan fingerprint density at radius 2 is 1.89 bits per heavy atom. The van der Waals surface area contributed by atoms with Gasteiger partial charge in [-0.05, 0) is 26.3 Å². The third kappa shape index (κ3) is 6.29. The quantitative estimate of drug-likeness (QED) is 0.490. The molecule has 0 radical (unpaired) electrons. The Hall–Kier alpha value is -0.750. The fraction of sp³-hybridized carbons (Fsp3) is 0.643. The minimum absolute atomic E-state index is 0.0575. The van der Waals surface area contributed by atoms with Crippen molar-refractivity contribution < 1.29 is 19.0 Å². The number of ether oxygens (including phenoxy) is 3. The maximum atomic E-state index is 11.9. The number of aryl methyl sites for hydroxylation is 2. The normalized spacial score (nSPS) is 10.9. The summed E-state index contributed by atoms with van der Waals surface area (Å²) in [5.74, 6) is 0.0575. The molecule has 1 aromatic rings. The van der Waals surface area contributed by atoms with Crippen LogP contribution in [0.4, 0.5) is 0 Å². The van der Waals surface area contributed by atoms with E-state index in [4.69, 9.17) is 14.2 Å². The van der Waals surface area contributed by atoms with E-state index in [0.717, 1.165) is 21.7 Å². The molecule has 5 heteroatoms. The van der Waals surface area contributed by atoms with Gasteiger partial charge in [-0.2, -0.15) is 0 Å². The molecular weight excluding hydrogens is 264 g/mol. The van der Waals surface area contributed by atoms with Crippen molar-refractivity contribution in [2.24, 2.45) is 0 Å². The van der Waals surface area contributed by atoms with E-state index >= 15 is 0 Å². The van der Waals surface area contributed by atoms with Crippen LogP contribution in [0.5, 0.6) is 0 Å². The summed E-state index contributed by atoms with van der Waals surface area (Å²) in [6, 6.07) is 1.93. The molecule has 0 saturated heterocycles. The molecule has 19 heavy (non-hydrogen) atoms. The van der Waals surface area contributed by atoms with E-state index in [1.54, 1.807) is 18.4 Å². The number of carbonyl (C=O) groups excluding carboxylic acids is 1. The number of thiophene rings is 1. The lowest BCUT2D eigenvalue weighted by atomic mass is 10.2. The Bertz CT molecular complexity index is 387. The van der Waals surface area contributed by atoms with E-state index < -0.39 is 0 Å². The smallest absolute Gasteiger partial charge is 0.189 e. The SMILES string of the molecule is COCCOCCCOCC(=O)c1cc(C)sc1C. The summed E-state index contributed by atoms with van der Waals surface area (Å²) in [7, 11) is 1.65. The Kier molecular flexibility index (Phi) is 7.90. The predicted molar refractivity (Wildman–Crippen MR) is 76.3 cm³/mol. The van der Waals surface area contributed by atoms with Crippen LogP contribution in [0.2, 0.25) is 0 Å². The highest BCUT2D eigenvalue weighted by Crippen LogP contribution is 2.20. The van der Waals surface area contributed by atoms with Crippen molar-refractivity contribution in [2.45, 2.75) is 20.3 Å². The van der Waals surface area contributed by atoms with Crippen molar-refractivity contribution in [1.29, 1.82) is 0 Å². The van der Waals surface area contributed by atoms with Crippen molar-refractivity contribution >= 4 is 17.1 Å². The lowest BCUT2D eigenvalue weighted by molar-refractivity contribution is 0.0488. The molecule has 0 aliphatic heterocycles. The maximum absolute atomic E-state index is 11.9. The van der Waals surface area contributed by atoms with E-state index in [-0.39, 0.29) is 12.4 Å². The molecule has 0 bridgehead atoms. The molecular formula is C14H22O4S. The fourth-order valence-electron chi connectivity index (χ4n) is 1.66. The van der Waals surface area contributed by atoms with E-state index in [0.29, 0.717) is 26.4 Å². The van der Waals surface area contributed by atoms with E-state index in [9.17, 15) is 4.79 Å². The molecule has 0 atom stereocenters. The minimum atomic E-state index is 0.0575. The van der Waals surface area contributed by atoms with Crippen LogP contribution in [-0.2, 0) is 14.2 Å². The van der Waals surface area contributed by atoms with Gasteiger partial charge in [0.05, 0.1) is 13.2 Å². The zero-order chi connectivity index (χ0) is 14.1. The van der Waals surface area contributed by atoms with E-state index in [2.05, 4.69) is 0 Å². The summed E-state index contributed by atoms with van der Waals surface area (Å²) in [6.45, 7) is 6.50. The fourth-order valence-corrected chi connectivity index (χ4v) is 2.60. The number of rotatable bonds is 10. The van der Waals surface area contributed by atoms with Crippen LogP contribution in [0.3, 0.4) is 0 Å². The summed E-state index contributed by atoms with van der Waals surface area (Å²) >= 11 is 1.64. The summed E-state index contributed by atoms with van der Waals surface area (Å²) in [6.07, 6.45) is 0.790. The summed E-state index contributed by atoms with van der Waals surface area (Å²) in [4.78, 5) is 14.1. The highest BCUT2D eigenvalue weighted by atomic mass is 32.1. The Morgan fingerprint density at radius 1 is 1.16 bits per heavy atom. The maximum Gasteiger partial charge on any atom is 0.189 e. The van der Waals surface area contributed by atoms with Crippen molar-refractivity contribution in [3.63, 3.8) is 0 Å². The molecule has 0 spiro atoms. The van der Waals surface area contributed by atoms with Gasteiger partial charge >= 0.3 is 0 Å². The number of hydrogen-bond acceptors (Lipinski definition) is 5. The zero-order valence-corrected chi connectivity index (χ0v) is 12.7. The minimum Gasteiger partial charge on any atom is -0.382 e. The van der Waals surface area contributed by atoms with Gasteiger partial charge in [-0.1, -0.05) is 0 Å². The number of ketones is 1. The average molecular weight is 286 g/mol. The van der Waals surface area contributed by atoms with Crippen molar-refractivity contribution in [3.8, 4) is 0 Å². The summed E-state index contributed by atoms with van der Waals surface area (Å²) < 4.78 is 15.5. The Balaban J connectivity index is 2.09. The summed E-state index contributed by atoms with van der Waals surface area (Å²) in [5, 5.41) is 0. The van der Waals surface area contributed by atoms with Crippen LogP contribution < -0.4 is 0 Å². The van der Waals surface area contributed by atoms with Crippen molar-refractivity contribution in [1.82, 2.24) is 0 Å². The van der Waals surface area contributed by atoms with Gasteiger partial charge in [0.15, 0.2) is 5.78 Å². The van der Waals surface area contributed by atoms with Gasteiger partial charge in [0, 0.05) is 35.6 Å². The van der Waals surface area contributed by atoms with Crippen LogP contribution in [0.25, 0.3) is 0 Å². The third-order valence-electron chi connectivity index (χ3n) is 2.58. The monoisotopic (exact) mass is 286 g/mol. The van der Waals surface area contributed by atoms with Crippen LogP contribution >= 0.6 is 11.3 Å². The first-order valence-corrected chi connectivity index (χ1v) is 7.21. The molecule has 0 amide bonds. The van der Waals surface area contributed by atoms with E-state index in [1.165, 1.54) is 0 Å². The molecule has 0 unspecified atom stereocenters. The molecule has 0 aliphatic rings. The lowest BCUT2D eigenvalue weighted by Crippen LogP contribution is -2.11. The zero-order valence-electron chi connectivity index (χ0n) is 11.9. The molecule has 1 aromatic heterocycles. The van der Waals surface area contributed by atoms with Crippen LogP contribution in [0.1, 0.15) is 26.5 Å². The number of methoxy groups -OCH3 is 1. The topological polar surface area (TPSA) is 44.8 Å². The highest BCUT2D eigenvalue weighted by molar-refractivity contribution is 7.12. The third-order valence-corrected chi connectivity index (χ3v) is 3.55. The average Bonchev–Trinajstić information content (AvgIpc) is 2.71. The van der Waals surface area contributed by atoms with Gasteiger partial charge in [0.2, 0.25) is 0 Å². The van der Waals surface area contributed by atoms with Gasteiger partial charge in [-0.3, -0.25) is 4.79 Å². The Labute approximate surface area is 118 Å². The first-order chi connectivity index (χ1) is 9.15. The van der Waals surface area contributed by atoms with Crippen LogP contribution in [0.15, 0.2) is 6.07 Å². The molecule has 0 aromatic carbocycles. The molecule has 108 valence electrons. The lowest BCUT2D eigenvalue weighted by Gasteiger charge is -2.05. The highest BCUT2D eigenvalue weighted by Gasteiger charge is 2.11.